The van der Waals surface area contributed by atoms with Crippen molar-refractivity contribution in [3.63, 3.8) is 0 Å². The Morgan fingerprint density at radius 1 is 1.44 bits per heavy atom. The molecule has 2 aromatic rings. The number of aryl methyl sites for hydroxylation is 1. The number of hydrogen-bond donors (Lipinski definition) is 2. The van der Waals surface area contributed by atoms with Crippen LogP contribution < -0.4 is 10.9 Å². The summed E-state index contributed by atoms with van der Waals surface area (Å²) in [6.45, 7) is 4.04. The number of H-pyrrole nitrogens is 1. The molecule has 1 atom stereocenters. The number of hydrogen-bond acceptors (Lipinski definition) is 5. The maximum absolute atomic E-state index is 12.6. The Bertz CT molecular complexity index is 810. The molecule has 0 spiro atoms. The van der Waals surface area contributed by atoms with Gasteiger partial charge in [-0.05, 0) is 31.0 Å². The quantitative estimate of drug-likeness (QED) is 0.567. The fourth-order valence-electron chi connectivity index (χ4n) is 2.16. The summed E-state index contributed by atoms with van der Waals surface area (Å²) in [5.41, 5.74) is 1.84. The fraction of sp³-hybridized carbons (Fsp3) is 0.353. The smallest absolute Gasteiger partial charge is 0.251 e. The van der Waals surface area contributed by atoms with Gasteiger partial charge >= 0.3 is 0 Å². The van der Waals surface area contributed by atoms with Gasteiger partial charge in [0.1, 0.15) is 0 Å². The minimum atomic E-state index is -0.403. The number of methoxy groups -OCH3 is 1. The van der Waals surface area contributed by atoms with Gasteiger partial charge in [-0.15, -0.1) is 0 Å². The number of ether oxygens (including phenoxy) is 1. The van der Waals surface area contributed by atoms with E-state index in [9.17, 15) is 9.59 Å². The zero-order chi connectivity index (χ0) is 18.4. The lowest BCUT2D eigenvalue weighted by Crippen LogP contribution is -2.25. The molecule has 1 aromatic heterocycles. The Hall–Kier alpha value is -1.83. The van der Waals surface area contributed by atoms with Crippen LogP contribution in [0.2, 0.25) is 5.02 Å². The highest BCUT2D eigenvalue weighted by Gasteiger charge is 2.20. The zero-order valence-corrected chi connectivity index (χ0v) is 15.8. The summed E-state index contributed by atoms with van der Waals surface area (Å²) in [6, 6.07) is 6.71. The summed E-state index contributed by atoms with van der Waals surface area (Å²) in [5.74, 6) is -0.169. The van der Waals surface area contributed by atoms with Crippen molar-refractivity contribution in [3.05, 3.63) is 50.9 Å². The highest BCUT2D eigenvalue weighted by molar-refractivity contribution is 8.00. The third-order valence-electron chi connectivity index (χ3n) is 3.44. The van der Waals surface area contributed by atoms with Gasteiger partial charge in [-0.3, -0.25) is 9.59 Å². The molecule has 0 saturated carbocycles. The molecule has 1 amide bonds. The molecule has 2 rings (SSSR count). The molecule has 2 N–H and O–H groups in total. The lowest BCUT2D eigenvalue weighted by molar-refractivity contribution is -0.115. The van der Waals surface area contributed by atoms with Gasteiger partial charge in [0, 0.05) is 23.9 Å². The van der Waals surface area contributed by atoms with Crippen molar-refractivity contribution in [2.24, 2.45) is 0 Å². The summed E-state index contributed by atoms with van der Waals surface area (Å²) in [7, 11) is 1.53. The minimum absolute atomic E-state index is 0.169. The molecule has 6 nitrogen and oxygen atoms in total. The number of aromatic amines is 1. The first-order valence-electron chi connectivity index (χ1n) is 7.75. The van der Waals surface area contributed by atoms with Crippen LogP contribution in [0.15, 0.2) is 34.2 Å². The first-order valence-corrected chi connectivity index (χ1v) is 9.01. The van der Waals surface area contributed by atoms with Crippen molar-refractivity contribution >= 4 is 35.0 Å². The molecule has 25 heavy (non-hydrogen) atoms. The third-order valence-corrected chi connectivity index (χ3v) is 4.92. The molecule has 0 aliphatic heterocycles. The normalized spacial score (nSPS) is 12.0. The van der Waals surface area contributed by atoms with Crippen LogP contribution in [0.5, 0.6) is 0 Å². The Morgan fingerprint density at radius 3 is 2.88 bits per heavy atom. The summed E-state index contributed by atoms with van der Waals surface area (Å²) >= 11 is 7.20. The highest BCUT2D eigenvalue weighted by atomic mass is 35.5. The molecule has 134 valence electrons. The summed E-state index contributed by atoms with van der Waals surface area (Å²) in [6.07, 6.45) is 0.578. The maximum atomic E-state index is 12.6. The standard InChI is InChI=1S/C17H20ClN3O3S/c1-4-14(16(23)20-13-7-11(18)6-5-10(13)2)25-17-19-12(9-24-3)8-15(22)21-17/h5-8,14H,4,9H2,1-3H3,(H,20,23)(H,19,21,22). The van der Waals surface area contributed by atoms with Gasteiger partial charge in [-0.25, -0.2) is 4.98 Å². The van der Waals surface area contributed by atoms with E-state index < -0.39 is 5.25 Å². The predicted octanol–water partition coefficient (Wildman–Crippen LogP) is 3.39. The summed E-state index contributed by atoms with van der Waals surface area (Å²) in [5, 5.41) is 3.43. The van der Waals surface area contributed by atoms with Crippen molar-refractivity contribution < 1.29 is 9.53 Å². The monoisotopic (exact) mass is 381 g/mol. The van der Waals surface area contributed by atoms with Crippen LogP contribution >= 0.6 is 23.4 Å². The fourth-order valence-corrected chi connectivity index (χ4v) is 3.26. The van der Waals surface area contributed by atoms with E-state index in [0.29, 0.717) is 28.0 Å². The Morgan fingerprint density at radius 2 is 2.20 bits per heavy atom. The Kier molecular flexibility index (Phi) is 7.04. The first-order chi connectivity index (χ1) is 11.9. The Balaban J connectivity index is 2.15. The van der Waals surface area contributed by atoms with Gasteiger partial charge < -0.3 is 15.0 Å². The van der Waals surface area contributed by atoms with Crippen molar-refractivity contribution in [2.45, 2.75) is 37.3 Å². The number of anilines is 1. The number of rotatable bonds is 7. The van der Waals surface area contributed by atoms with Gasteiger partial charge in [0.25, 0.3) is 5.56 Å². The summed E-state index contributed by atoms with van der Waals surface area (Å²) < 4.78 is 5.00. The van der Waals surface area contributed by atoms with E-state index in [-0.39, 0.29) is 18.1 Å². The number of carbonyl (C=O) groups excluding carboxylic acids is 1. The van der Waals surface area contributed by atoms with Gasteiger partial charge in [-0.1, -0.05) is 36.4 Å². The maximum Gasteiger partial charge on any atom is 0.251 e. The van der Waals surface area contributed by atoms with Gasteiger partial charge in [0.15, 0.2) is 5.16 Å². The van der Waals surface area contributed by atoms with Crippen molar-refractivity contribution in [1.82, 2.24) is 9.97 Å². The molecule has 8 heteroatoms. The number of nitrogens with one attached hydrogen (secondary N) is 2. The van der Waals surface area contributed by atoms with E-state index >= 15 is 0 Å². The molecule has 0 saturated heterocycles. The molecular formula is C17H20ClN3O3S. The molecule has 0 aliphatic carbocycles. The SMILES string of the molecule is CCC(Sc1nc(COC)cc(=O)[nH]1)C(=O)Nc1cc(Cl)ccc1C. The lowest BCUT2D eigenvalue weighted by Gasteiger charge is -2.15. The summed E-state index contributed by atoms with van der Waals surface area (Å²) in [4.78, 5) is 31.3. The van der Waals surface area contributed by atoms with Gasteiger partial charge in [0.2, 0.25) is 5.91 Å². The van der Waals surface area contributed by atoms with Crippen molar-refractivity contribution in [1.29, 1.82) is 0 Å². The van der Waals surface area contributed by atoms with E-state index in [1.54, 1.807) is 12.1 Å². The van der Waals surface area contributed by atoms with E-state index in [4.69, 9.17) is 16.3 Å². The number of benzene rings is 1. The largest absolute Gasteiger partial charge is 0.378 e. The molecule has 1 unspecified atom stereocenters. The second-order valence-corrected chi connectivity index (χ2v) is 7.07. The van der Waals surface area contributed by atoms with Crippen LogP contribution in [0.1, 0.15) is 24.6 Å². The van der Waals surface area contributed by atoms with Crippen LogP contribution in [0.4, 0.5) is 5.69 Å². The van der Waals surface area contributed by atoms with Crippen molar-refractivity contribution in [3.8, 4) is 0 Å². The van der Waals surface area contributed by atoms with Crippen LogP contribution in [-0.4, -0.2) is 28.2 Å². The van der Waals surface area contributed by atoms with E-state index in [0.717, 1.165) is 5.56 Å². The van der Waals surface area contributed by atoms with Gasteiger partial charge in [-0.2, -0.15) is 0 Å². The average Bonchev–Trinajstić information content (AvgIpc) is 2.55. The highest BCUT2D eigenvalue weighted by Crippen LogP contribution is 2.25. The third kappa shape index (κ3) is 5.59. The van der Waals surface area contributed by atoms with Gasteiger partial charge in [0.05, 0.1) is 17.6 Å². The van der Waals surface area contributed by atoms with Crippen LogP contribution in [0, 0.1) is 6.92 Å². The number of thioether (sulfide) groups is 1. The van der Waals surface area contributed by atoms with Crippen LogP contribution in [-0.2, 0) is 16.1 Å². The van der Waals surface area contributed by atoms with E-state index in [1.165, 1.54) is 24.9 Å². The zero-order valence-electron chi connectivity index (χ0n) is 14.3. The molecule has 1 aromatic carbocycles. The molecule has 0 aliphatic rings. The number of amides is 1. The molecule has 1 heterocycles. The number of carbonyl (C=O) groups is 1. The number of aromatic nitrogens is 2. The second-order valence-electron chi connectivity index (χ2n) is 5.44. The average molecular weight is 382 g/mol. The number of nitrogens with zero attached hydrogens (tertiary/aromatic N) is 1. The molecule has 0 radical (unpaired) electrons. The molecule has 0 fully saturated rings. The van der Waals surface area contributed by atoms with Crippen molar-refractivity contribution in [2.75, 3.05) is 12.4 Å². The minimum Gasteiger partial charge on any atom is -0.378 e. The van der Waals surface area contributed by atoms with Crippen LogP contribution in [0.3, 0.4) is 0 Å². The lowest BCUT2D eigenvalue weighted by atomic mass is 10.2. The molecular weight excluding hydrogens is 362 g/mol. The van der Waals surface area contributed by atoms with E-state index in [1.807, 2.05) is 19.9 Å². The second kappa shape index (κ2) is 9.03. The van der Waals surface area contributed by atoms with E-state index in [2.05, 4.69) is 15.3 Å². The topological polar surface area (TPSA) is 84.1 Å². The predicted molar refractivity (Wildman–Crippen MR) is 100 cm³/mol. The van der Waals surface area contributed by atoms with Crippen LogP contribution in [0.25, 0.3) is 0 Å². The first kappa shape index (κ1) is 19.5. The molecule has 0 bridgehead atoms. The Labute approximate surface area is 155 Å². The number of halogens is 1.